The van der Waals surface area contributed by atoms with Crippen molar-refractivity contribution in [3.8, 4) is 5.69 Å². The van der Waals surface area contributed by atoms with Gasteiger partial charge in [0.2, 0.25) is 0 Å². The Bertz CT molecular complexity index is 924. The first-order chi connectivity index (χ1) is 11.0. The molecule has 0 aliphatic carbocycles. The Morgan fingerprint density at radius 2 is 1.91 bits per heavy atom. The van der Waals surface area contributed by atoms with E-state index in [1.54, 1.807) is 24.3 Å². The van der Waals surface area contributed by atoms with Crippen molar-refractivity contribution in [1.29, 1.82) is 0 Å². The van der Waals surface area contributed by atoms with Crippen LogP contribution in [0.15, 0.2) is 59.4 Å². The molecule has 0 unspecified atom stereocenters. The molecule has 3 aromatic rings. The lowest BCUT2D eigenvalue weighted by molar-refractivity contribution is 0.102. The quantitative estimate of drug-likeness (QED) is 0.648. The molecule has 0 aliphatic heterocycles. The monoisotopic (exact) mass is 308 g/mol. The zero-order valence-corrected chi connectivity index (χ0v) is 12.5. The highest BCUT2D eigenvalue weighted by atomic mass is 16.2. The second kappa shape index (κ2) is 5.84. The van der Waals surface area contributed by atoms with Gasteiger partial charge in [-0.25, -0.2) is 4.68 Å². The standard InChI is InChI=1S/C17H16N4O2/c1-11-4-2-7-14(8-11)21-16(22)10-15(20-21)19-17(23)12-5-3-6-13(18)9-12/h2-10,20H,18H2,1H3,(H,19,23). The van der Waals surface area contributed by atoms with Crippen molar-refractivity contribution in [1.82, 2.24) is 9.78 Å². The first-order valence-corrected chi connectivity index (χ1v) is 7.09. The van der Waals surface area contributed by atoms with Gasteiger partial charge in [0.1, 0.15) is 5.82 Å². The van der Waals surface area contributed by atoms with Crippen LogP contribution in [0.2, 0.25) is 0 Å². The lowest BCUT2D eigenvalue weighted by atomic mass is 10.2. The van der Waals surface area contributed by atoms with Gasteiger partial charge < -0.3 is 11.1 Å². The van der Waals surface area contributed by atoms with Gasteiger partial charge in [-0.15, -0.1) is 0 Å². The highest BCUT2D eigenvalue weighted by Crippen LogP contribution is 2.11. The predicted octanol–water partition coefficient (Wildman–Crippen LogP) is 2.31. The number of carbonyl (C=O) groups is 1. The highest BCUT2D eigenvalue weighted by molar-refractivity contribution is 6.04. The first-order valence-electron chi connectivity index (χ1n) is 7.09. The van der Waals surface area contributed by atoms with Gasteiger partial charge in [0, 0.05) is 17.3 Å². The largest absolute Gasteiger partial charge is 0.399 e. The molecule has 23 heavy (non-hydrogen) atoms. The van der Waals surface area contributed by atoms with Crippen LogP contribution in [0.5, 0.6) is 0 Å². The van der Waals surface area contributed by atoms with Gasteiger partial charge in [-0.1, -0.05) is 18.2 Å². The number of nitrogens with one attached hydrogen (secondary N) is 2. The summed E-state index contributed by atoms with van der Waals surface area (Å²) in [5, 5.41) is 5.54. The Hall–Kier alpha value is -3.28. The minimum Gasteiger partial charge on any atom is -0.399 e. The maximum atomic E-state index is 12.2. The van der Waals surface area contributed by atoms with E-state index >= 15 is 0 Å². The molecule has 4 N–H and O–H groups in total. The summed E-state index contributed by atoms with van der Waals surface area (Å²) in [7, 11) is 0. The van der Waals surface area contributed by atoms with Gasteiger partial charge in [0.05, 0.1) is 5.69 Å². The summed E-state index contributed by atoms with van der Waals surface area (Å²) < 4.78 is 1.38. The zero-order chi connectivity index (χ0) is 16.4. The number of nitrogens with two attached hydrogens (primary N) is 1. The smallest absolute Gasteiger partial charge is 0.273 e. The molecule has 6 heteroatoms. The molecule has 0 bridgehead atoms. The number of nitrogens with zero attached hydrogens (tertiary/aromatic N) is 1. The second-order valence-electron chi connectivity index (χ2n) is 5.26. The van der Waals surface area contributed by atoms with Crippen LogP contribution in [0.25, 0.3) is 5.69 Å². The fourth-order valence-corrected chi connectivity index (χ4v) is 2.29. The lowest BCUT2D eigenvalue weighted by Crippen LogP contribution is -2.14. The van der Waals surface area contributed by atoms with E-state index in [0.717, 1.165) is 5.56 Å². The van der Waals surface area contributed by atoms with Gasteiger partial charge >= 0.3 is 0 Å². The Morgan fingerprint density at radius 3 is 2.65 bits per heavy atom. The van der Waals surface area contributed by atoms with Crippen molar-refractivity contribution < 1.29 is 4.79 Å². The maximum Gasteiger partial charge on any atom is 0.273 e. The molecule has 0 atom stereocenters. The fraction of sp³-hybridized carbons (Fsp3) is 0.0588. The average molecular weight is 308 g/mol. The fourth-order valence-electron chi connectivity index (χ4n) is 2.29. The summed E-state index contributed by atoms with van der Waals surface area (Å²) in [6, 6.07) is 15.5. The molecule has 0 saturated carbocycles. The number of anilines is 2. The third-order valence-corrected chi connectivity index (χ3v) is 3.38. The van der Waals surface area contributed by atoms with Crippen LogP contribution in [-0.4, -0.2) is 15.7 Å². The van der Waals surface area contributed by atoms with Crippen molar-refractivity contribution in [2.75, 3.05) is 11.1 Å². The summed E-state index contributed by atoms with van der Waals surface area (Å²) in [5.41, 5.74) is 8.09. The first kappa shape index (κ1) is 14.6. The molecule has 1 heterocycles. The van der Waals surface area contributed by atoms with Crippen LogP contribution in [0.3, 0.4) is 0 Å². The summed E-state index contributed by atoms with van der Waals surface area (Å²) in [4.78, 5) is 24.3. The number of benzene rings is 2. The van der Waals surface area contributed by atoms with E-state index in [1.165, 1.54) is 10.7 Å². The van der Waals surface area contributed by atoms with Crippen molar-refractivity contribution in [3.05, 3.63) is 76.1 Å². The summed E-state index contributed by atoms with van der Waals surface area (Å²) in [6.07, 6.45) is 0. The summed E-state index contributed by atoms with van der Waals surface area (Å²) in [5.74, 6) is -0.0149. The Labute approximate surface area is 132 Å². The van der Waals surface area contributed by atoms with Gasteiger partial charge in [0.15, 0.2) is 0 Å². The number of nitrogen functional groups attached to an aromatic ring is 1. The Kier molecular flexibility index (Phi) is 3.72. The predicted molar refractivity (Wildman–Crippen MR) is 89.9 cm³/mol. The molecular weight excluding hydrogens is 292 g/mol. The number of amides is 1. The van der Waals surface area contributed by atoms with Crippen molar-refractivity contribution in [2.45, 2.75) is 6.92 Å². The van der Waals surface area contributed by atoms with E-state index in [0.29, 0.717) is 22.8 Å². The van der Waals surface area contributed by atoms with Gasteiger partial charge in [0.25, 0.3) is 11.5 Å². The van der Waals surface area contributed by atoms with Crippen LogP contribution in [0.1, 0.15) is 15.9 Å². The Balaban J connectivity index is 1.87. The SMILES string of the molecule is Cc1cccc(-n2[nH]c(NC(=O)c3cccc(N)c3)cc2=O)c1. The number of aryl methyl sites for hydroxylation is 1. The van der Waals surface area contributed by atoms with E-state index in [-0.39, 0.29) is 11.5 Å². The molecule has 0 fully saturated rings. The maximum absolute atomic E-state index is 12.2. The van der Waals surface area contributed by atoms with Gasteiger partial charge in [-0.05, 0) is 42.8 Å². The van der Waals surface area contributed by atoms with E-state index in [2.05, 4.69) is 10.4 Å². The molecule has 116 valence electrons. The number of H-pyrrole nitrogens is 1. The molecule has 0 radical (unpaired) electrons. The van der Waals surface area contributed by atoms with Crippen molar-refractivity contribution in [2.24, 2.45) is 0 Å². The molecule has 1 aromatic heterocycles. The molecule has 0 saturated heterocycles. The number of hydrogen-bond donors (Lipinski definition) is 3. The average Bonchev–Trinajstić information content (AvgIpc) is 2.88. The molecule has 3 rings (SSSR count). The highest BCUT2D eigenvalue weighted by Gasteiger charge is 2.10. The number of rotatable bonds is 3. The van der Waals surface area contributed by atoms with Crippen LogP contribution in [-0.2, 0) is 0 Å². The van der Waals surface area contributed by atoms with E-state index < -0.39 is 0 Å². The Morgan fingerprint density at radius 1 is 1.13 bits per heavy atom. The van der Waals surface area contributed by atoms with Crippen molar-refractivity contribution in [3.63, 3.8) is 0 Å². The van der Waals surface area contributed by atoms with Gasteiger partial charge in [-0.3, -0.25) is 14.7 Å². The molecular formula is C17H16N4O2. The van der Waals surface area contributed by atoms with Crippen LogP contribution in [0, 0.1) is 6.92 Å². The summed E-state index contributed by atoms with van der Waals surface area (Å²) in [6.45, 7) is 1.94. The van der Waals surface area contributed by atoms with Crippen LogP contribution in [0.4, 0.5) is 11.5 Å². The topological polar surface area (TPSA) is 92.9 Å². The molecule has 2 aromatic carbocycles. The molecule has 0 aliphatic rings. The van der Waals surface area contributed by atoms with Crippen LogP contribution >= 0.6 is 0 Å². The van der Waals surface area contributed by atoms with E-state index in [9.17, 15) is 9.59 Å². The number of aromatic amines is 1. The van der Waals surface area contributed by atoms with Crippen molar-refractivity contribution >= 4 is 17.4 Å². The number of carbonyl (C=O) groups excluding carboxylic acids is 1. The second-order valence-corrected chi connectivity index (χ2v) is 5.26. The third-order valence-electron chi connectivity index (χ3n) is 3.38. The van der Waals surface area contributed by atoms with E-state index in [4.69, 9.17) is 5.73 Å². The zero-order valence-electron chi connectivity index (χ0n) is 12.5. The lowest BCUT2D eigenvalue weighted by Gasteiger charge is -2.05. The third kappa shape index (κ3) is 3.16. The molecule has 0 spiro atoms. The minimum absolute atomic E-state index is 0.251. The summed E-state index contributed by atoms with van der Waals surface area (Å²) >= 11 is 0. The molecule has 6 nitrogen and oxygen atoms in total. The number of hydrogen-bond acceptors (Lipinski definition) is 3. The minimum atomic E-state index is -0.338. The van der Waals surface area contributed by atoms with Gasteiger partial charge in [-0.2, -0.15) is 0 Å². The molecule has 1 amide bonds. The number of aromatic nitrogens is 2. The van der Waals surface area contributed by atoms with E-state index in [1.807, 2.05) is 31.2 Å². The van der Waals surface area contributed by atoms with Crippen LogP contribution < -0.4 is 16.6 Å². The normalized spacial score (nSPS) is 10.5.